The molecule has 1 aromatic carbocycles. The van der Waals surface area contributed by atoms with Gasteiger partial charge in [-0.15, -0.1) is 0 Å². The SMILES string of the molecule is COc1cccc(CC(=O)N2CCCC(N(CCN3CCOCC3)S(C)(=O)=O)C2)c1. The van der Waals surface area contributed by atoms with Crippen LogP contribution in [0.4, 0.5) is 0 Å². The van der Waals surface area contributed by atoms with Crippen LogP contribution in [0.5, 0.6) is 5.75 Å². The maximum Gasteiger partial charge on any atom is 0.227 e. The second-order valence-electron chi connectivity index (χ2n) is 7.99. The molecule has 2 aliphatic heterocycles. The van der Waals surface area contributed by atoms with Crippen molar-refractivity contribution in [2.45, 2.75) is 25.3 Å². The van der Waals surface area contributed by atoms with E-state index in [4.69, 9.17) is 9.47 Å². The number of nitrogens with zero attached hydrogens (tertiary/aromatic N) is 3. The molecule has 3 rings (SSSR count). The molecule has 168 valence electrons. The van der Waals surface area contributed by atoms with Crippen LogP contribution >= 0.6 is 0 Å². The van der Waals surface area contributed by atoms with Crippen LogP contribution in [-0.4, -0.2) is 100 Å². The van der Waals surface area contributed by atoms with Gasteiger partial charge in [-0.1, -0.05) is 12.1 Å². The van der Waals surface area contributed by atoms with E-state index >= 15 is 0 Å². The predicted molar refractivity (Wildman–Crippen MR) is 115 cm³/mol. The average Bonchev–Trinajstić information content (AvgIpc) is 2.74. The molecule has 1 amide bonds. The van der Waals surface area contributed by atoms with Crippen LogP contribution in [0.2, 0.25) is 0 Å². The molecule has 0 spiro atoms. The molecule has 2 saturated heterocycles. The van der Waals surface area contributed by atoms with Gasteiger partial charge < -0.3 is 14.4 Å². The Bertz CT molecular complexity index is 811. The van der Waals surface area contributed by atoms with E-state index in [2.05, 4.69) is 4.90 Å². The molecule has 8 nitrogen and oxygen atoms in total. The largest absolute Gasteiger partial charge is 0.497 e. The quantitative estimate of drug-likeness (QED) is 0.597. The number of likely N-dealkylation sites (tertiary alicyclic amines) is 1. The molecule has 9 heteroatoms. The highest BCUT2D eigenvalue weighted by Crippen LogP contribution is 2.20. The van der Waals surface area contributed by atoms with Crippen LogP contribution in [0.1, 0.15) is 18.4 Å². The van der Waals surface area contributed by atoms with Gasteiger partial charge in [-0.25, -0.2) is 8.42 Å². The van der Waals surface area contributed by atoms with Crippen LogP contribution in [0, 0.1) is 0 Å². The third kappa shape index (κ3) is 6.41. The van der Waals surface area contributed by atoms with Gasteiger partial charge in [-0.05, 0) is 30.5 Å². The zero-order chi connectivity index (χ0) is 21.6. The van der Waals surface area contributed by atoms with E-state index in [-0.39, 0.29) is 18.4 Å². The Morgan fingerprint density at radius 1 is 1.27 bits per heavy atom. The minimum Gasteiger partial charge on any atom is -0.497 e. The standard InChI is InChI=1S/C21H33N3O5S/c1-28-20-7-3-5-18(15-20)16-21(25)23-8-4-6-19(17-23)24(30(2,26)27)10-9-22-11-13-29-14-12-22/h3,5,7,15,19H,4,6,8-14,16-17H2,1-2H3. The summed E-state index contributed by atoms with van der Waals surface area (Å²) < 4.78 is 37.2. The fourth-order valence-electron chi connectivity index (χ4n) is 4.17. The lowest BCUT2D eigenvalue weighted by molar-refractivity contribution is -0.132. The summed E-state index contributed by atoms with van der Waals surface area (Å²) in [5.74, 6) is 0.748. The lowest BCUT2D eigenvalue weighted by Crippen LogP contribution is -2.53. The first-order valence-corrected chi connectivity index (χ1v) is 12.4. The minimum absolute atomic E-state index is 0.0228. The molecule has 0 aliphatic carbocycles. The van der Waals surface area contributed by atoms with E-state index < -0.39 is 10.0 Å². The Morgan fingerprint density at radius 2 is 2.03 bits per heavy atom. The van der Waals surface area contributed by atoms with Crippen molar-refractivity contribution >= 4 is 15.9 Å². The first-order chi connectivity index (χ1) is 14.4. The van der Waals surface area contributed by atoms with Crippen LogP contribution in [0.25, 0.3) is 0 Å². The molecule has 0 radical (unpaired) electrons. The number of benzene rings is 1. The van der Waals surface area contributed by atoms with Gasteiger partial charge in [0.15, 0.2) is 0 Å². The zero-order valence-electron chi connectivity index (χ0n) is 18.0. The second-order valence-corrected chi connectivity index (χ2v) is 9.93. The minimum atomic E-state index is -3.36. The van der Waals surface area contributed by atoms with Crippen molar-refractivity contribution in [3.05, 3.63) is 29.8 Å². The number of piperidine rings is 1. The fourth-order valence-corrected chi connectivity index (χ4v) is 5.30. The van der Waals surface area contributed by atoms with E-state index in [0.717, 1.165) is 37.2 Å². The van der Waals surface area contributed by atoms with Gasteiger partial charge in [-0.3, -0.25) is 9.69 Å². The van der Waals surface area contributed by atoms with E-state index in [1.807, 2.05) is 24.3 Å². The maximum atomic E-state index is 12.9. The summed E-state index contributed by atoms with van der Waals surface area (Å²) in [5, 5.41) is 0. The highest BCUT2D eigenvalue weighted by molar-refractivity contribution is 7.88. The number of amides is 1. The Labute approximate surface area is 179 Å². The van der Waals surface area contributed by atoms with Gasteiger partial charge in [0.2, 0.25) is 15.9 Å². The normalized spacial score (nSPS) is 21.0. The van der Waals surface area contributed by atoms with Gasteiger partial charge in [-0.2, -0.15) is 4.31 Å². The molecule has 0 saturated carbocycles. The number of carbonyl (C=O) groups is 1. The van der Waals surface area contributed by atoms with Crippen molar-refractivity contribution in [1.82, 2.24) is 14.1 Å². The van der Waals surface area contributed by atoms with Crippen LogP contribution in [0.15, 0.2) is 24.3 Å². The third-order valence-corrected chi connectivity index (χ3v) is 7.14. The smallest absolute Gasteiger partial charge is 0.227 e. The van der Waals surface area contributed by atoms with Gasteiger partial charge in [0, 0.05) is 45.3 Å². The van der Waals surface area contributed by atoms with Gasteiger partial charge in [0.1, 0.15) is 5.75 Å². The van der Waals surface area contributed by atoms with Crippen molar-refractivity contribution < 1.29 is 22.7 Å². The van der Waals surface area contributed by atoms with Crippen molar-refractivity contribution in [2.75, 3.05) is 65.8 Å². The van der Waals surface area contributed by atoms with E-state index in [9.17, 15) is 13.2 Å². The second kappa shape index (κ2) is 10.6. The molecule has 0 bridgehead atoms. The molecule has 1 atom stereocenters. The van der Waals surface area contributed by atoms with Crippen molar-refractivity contribution in [3.8, 4) is 5.75 Å². The number of hydrogen-bond donors (Lipinski definition) is 0. The molecule has 1 unspecified atom stereocenters. The molecule has 2 fully saturated rings. The van der Waals surface area contributed by atoms with E-state index in [1.54, 1.807) is 16.3 Å². The average molecular weight is 440 g/mol. The molecular formula is C21H33N3O5S. The first kappa shape index (κ1) is 23.0. The van der Waals surface area contributed by atoms with Crippen molar-refractivity contribution in [1.29, 1.82) is 0 Å². The molecule has 30 heavy (non-hydrogen) atoms. The molecular weight excluding hydrogens is 406 g/mol. The number of morpholine rings is 1. The Balaban J connectivity index is 1.61. The predicted octanol–water partition coefficient (Wildman–Crippen LogP) is 0.823. The summed E-state index contributed by atoms with van der Waals surface area (Å²) in [7, 11) is -1.76. The van der Waals surface area contributed by atoms with Crippen LogP contribution in [-0.2, 0) is 26.0 Å². The number of sulfonamides is 1. The summed E-state index contributed by atoms with van der Waals surface area (Å²) in [5.41, 5.74) is 0.897. The Kier molecular flexibility index (Phi) is 8.10. The number of rotatable bonds is 8. The summed E-state index contributed by atoms with van der Waals surface area (Å²) in [6, 6.07) is 7.32. The molecule has 2 aliphatic rings. The lowest BCUT2D eigenvalue weighted by Gasteiger charge is -2.39. The Hall–Kier alpha value is -1.68. The van der Waals surface area contributed by atoms with E-state index in [0.29, 0.717) is 39.4 Å². The molecule has 2 heterocycles. The number of hydrogen-bond acceptors (Lipinski definition) is 6. The van der Waals surface area contributed by atoms with Gasteiger partial charge >= 0.3 is 0 Å². The van der Waals surface area contributed by atoms with Gasteiger partial charge in [0.25, 0.3) is 0 Å². The topological polar surface area (TPSA) is 79.4 Å². The monoisotopic (exact) mass is 439 g/mol. The fraction of sp³-hybridized carbons (Fsp3) is 0.667. The number of ether oxygens (including phenoxy) is 2. The first-order valence-electron chi connectivity index (χ1n) is 10.5. The Morgan fingerprint density at radius 3 is 2.73 bits per heavy atom. The third-order valence-electron chi connectivity index (χ3n) is 5.81. The highest BCUT2D eigenvalue weighted by Gasteiger charge is 2.32. The zero-order valence-corrected chi connectivity index (χ0v) is 18.8. The summed E-state index contributed by atoms with van der Waals surface area (Å²) >= 11 is 0. The number of carbonyl (C=O) groups excluding carboxylic acids is 1. The lowest BCUT2D eigenvalue weighted by atomic mass is 10.0. The molecule has 1 aromatic rings. The van der Waals surface area contributed by atoms with Gasteiger partial charge in [0.05, 0.1) is 33.0 Å². The van der Waals surface area contributed by atoms with Crippen molar-refractivity contribution in [2.24, 2.45) is 0 Å². The summed E-state index contributed by atoms with van der Waals surface area (Å²) in [6.07, 6.45) is 3.14. The molecule has 0 N–H and O–H groups in total. The van der Waals surface area contributed by atoms with Crippen LogP contribution < -0.4 is 4.74 Å². The van der Waals surface area contributed by atoms with Crippen molar-refractivity contribution in [3.63, 3.8) is 0 Å². The highest BCUT2D eigenvalue weighted by atomic mass is 32.2. The van der Waals surface area contributed by atoms with Crippen LogP contribution in [0.3, 0.4) is 0 Å². The molecule has 0 aromatic heterocycles. The maximum absolute atomic E-state index is 12.9. The summed E-state index contributed by atoms with van der Waals surface area (Å²) in [6.45, 7) is 5.27. The summed E-state index contributed by atoms with van der Waals surface area (Å²) in [4.78, 5) is 16.9. The van der Waals surface area contributed by atoms with E-state index in [1.165, 1.54) is 6.26 Å². The number of methoxy groups -OCH3 is 1.